The highest BCUT2D eigenvalue weighted by atomic mass is 16.5. The van der Waals surface area contributed by atoms with E-state index in [1.165, 1.54) is 0 Å². The molecular weight excluding hydrogens is 318 g/mol. The zero-order valence-corrected chi connectivity index (χ0v) is 16.0. The van der Waals surface area contributed by atoms with Gasteiger partial charge in [0.15, 0.2) is 0 Å². The highest BCUT2D eigenvalue weighted by Gasteiger charge is 2.32. The van der Waals surface area contributed by atoms with Crippen molar-refractivity contribution in [2.45, 2.75) is 59.5 Å². The van der Waals surface area contributed by atoms with Gasteiger partial charge in [-0.2, -0.15) is 0 Å². The molecule has 1 aliphatic carbocycles. The molecule has 0 radical (unpaired) electrons. The summed E-state index contributed by atoms with van der Waals surface area (Å²) >= 11 is 0. The first-order chi connectivity index (χ1) is 11.5. The van der Waals surface area contributed by atoms with E-state index in [9.17, 15) is 9.59 Å². The van der Waals surface area contributed by atoms with Gasteiger partial charge >= 0.3 is 0 Å². The highest BCUT2D eigenvalue weighted by molar-refractivity contribution is 6.45. The van der Waals surface area contributed by atoms with Crippen LogP contribution < -0.4 is 11.1 Å². The first kappa shape index (κ1) is 19.6. The molecule has 6 heteroatoms. The van der Waals surface area contributed by atoms with Gasteiger partial charge < -0.3 is 15.8 Å². The van der Waals surface area contributed by atoms with Gasteiger partial charge in [-0.3, -0.25) is 9.59 Å². The van der Waals surface area contributed by atoms with Crippen molar-refractivity contribution in [3.05, 3.63) is 11.8 Å². The van der Waals surface area contributed by atoms with Crippen LogP contribution in [-0.2, 0) is 14.3 Å². The number of aliphatic imine (C=N–C) groups is 1. The number of hydrogen-bond acceptors (Lipinski definition) is 4. The zero-order chi connectivity index (χ0) is 18.8. The molecule has 2 aliphatic rings. The van der Waals surface area contributed by atoms with E-state index in [0.717, 1.165) is 19.3 Å². The second kappa shape index (κ2) is 7.28. The number of rotatable bonds is 5. The van der Waals surface area contributed by atoms with Crippen molar-refractivity contribution in [3.63, 3.8) is 0 Å². The van der Waals surface area contributed by atoms with Gasteiger partial charge in [-0.05, 0) is 45.1 Å². The number of nitrogens with zero attached hydrogens (tertiary/aromatic N) is 1. The molecule has 2 rings (SSSR count). The molecule has 1 unspecified atom stereocenters. The molecule has 2 amide bonds. The van der Waals surface area contributed by atoms with E-state index in [-0.39, 0.29) is 29.0 Å². The maximum Gasteiger partial charge on any atom is 0.270 e. The van der Waals surface area contributed by atoms with Gasteiger partial charge in [0, 0.05) is 23.6 Å². The molecule has 2 fully saturated rings. The van der Waals surface area contributed by atoms with E-state index in [1.54, 1.807) is 26.8 Å². The molecular formula is C19H31N3O3. The van der Waals surface area contributed by atoms with E-state index >= 15 is 0 Å². The maximum absolute atomic E-state index is 12.6. The second-order valence-corrected chi connectivity index (χ2v) is 8.82. The van der Waals surface area contributed by atoms with E-state index in [2.05, 4.69) is 10.3 Å². The third kappa shape index (κ3) is 5.96. The Morgan fingerprint density at radius 3 is 2.44 bits per heavy atom. The van der Waals surface area contributed by atoms with E-state index in [0.29, 0.717) is 24.8 Å². The summed E-state index contributed by atoms with van der Waals surface area (Å²) in [5.41, 5.74) is 5.96. The van der Waals surface area contributed by atoms with Crippen LogP contribution in [0.3, 0.4) is 0 Å². The number of nitrogens with two attached hydrogens (primary N) is 1. The van der Waals surface area contributed by atoms with Crippen LogP contribution in [0.2, 0.25) is 0 Å². The lowest BCUT2D eigenvalue weighted by molar-refractivity contribution is -0.125. The normalized spacial score (nSPS) is 24.3. The molecule has 0 bridgehead atoms. The molecule has 0 aromatic carbocycles. The number of amides is 2. The third-order valence-electron chi connectivity index (χ3n) is 4.49. The minimum absolute atomic E-state index is 0.0995. The first-order valence-electron chi connectivity index (χ1n) is 9.00. The second-order valence-electron chi connectivity index (χ2n) is 8.82. The lowest BCUT2D eigenvalue weighted by Crippen LogP contribution is -2.36. The number of nitrogens with one attached hydrogen (secondary N) is 1. The number of ether oxygens (including phenoxy) is 1. The van der Waals surface area contributed by atoms with Crippen LogP contribution in [0.5, 0.6) is 0 Å². The van der Waals surface area contributed by atoms with Gasteiger partial charge in [0.05, 0.1) is 12.2 Å². The summed E-state index contributed by atoms with van der Waals surface area (Å²) in [4.78, 5) is 28.9. The number of carbonyl (C=O) groups is 2. The highest BCUT2D eigenvalue weighted by Crippen LogP contribution is 2.33. The smallest absolute Gasteiger partial charge is 0.270 e. The summed E-state index contributed by atoms with van der Waals surface area (Å²) in [6, 6.07) is 0. The maximum atomic E-state index is 12.6. The summed E-state index contributed by atoms with van der Waals surface area (Å²) in [6.45, 7) is 10.6. The lowest BCUT2D eigenvalue weighted by atomic mass is 9.96. The minimum Gasteiger partial charge on any atom is -0.402 e. The van der Waals surface area contributed by atoms with Gasteiger partial charge in [0.1, 0.15) is 5.71 Å². The van der Waals surface area contributed by atoms with Crippen LogP contribution in [0.4, 0.5) is 0 Å². The summed E-state index contributed by atoms with van der Waals surface area (Å²) in [5.74, 6) is -0.108. The van der Waals surface area contributed by atoms with Crippen LogP contribution in [0.1, 0.15) is 53.9 Å². The number of carbonyl (C=O) groups excluding carboxylic acids is 2. The standard InChI is InChI=1S/C19H31N3O3/c1-18(2,3)17(24)22-15(8-14(20)13-6-7-13)16(23)21-10-12-9-19(4,5)25-11-12/h8,12-13H,6-7,9-11,20H2,1-5H3,(H,21,23)/b14-8-,22-15?. The molecule has 140 valence electrons. The van der Waals surface area contributed by atoms with E-state index < -0.39 is 5.41 Å². The molecule has 0 spiro atoms. The fourth-order valence-corrected chi connectivity index (χ4v) is 2.73. The van der Waals surface area contributed by atoms with Gasteiger partial charge in [-0.1, -0.05) is 20.8 Å². The number of hydrogen-bond donors (Lipinski definition) is 2. The first-order valence-corrected chi connectivity index (χ1v) is 9.00. The molecule has 3 N–H and O–H groups in total. The Bertz CT molecular complexity index is 596. The molecule has 25 heavy (non-hydrogen) atoms. The fourth-order valence-electron chi connectivity index (χ4n) is 2.73. The Labute approximate surface area is 150 Å². The van der Waals surface area contributed by atoms with E-state index in [1.807, 2.05) is 13.8 Å². The minimum atomic E-state index is -0.642. The van der Waals surface area contributed by atoms with Crippen molar-refractivity contribution in [1.82, 2.24) is 5.32 Å². The Hall–Kier alpha value is -1.69. The zero-order valence-electron chi connectivity index (χ0n) is 16.0. The summed E-state index contributed by atoms with van der Waals surface area (Å²) in [7, 11) is 0. The van der Waals surface area contributed by atoms with Crippen LogP contribution in [0, 0.1) is 17.3 Å². The predicted octanol–water partition coefficient (Wildman–Crippen LogP) is 2.18. The molecule has 1 aliphatic heterocycles. The quantitative estimate of drug-likeness (QED) is 0.744. The van der Waals surface area contributed by atoms with Crippen molar-refractivity contribution in [2.75, 3.05) is 13.2 Å². The summed E-state index contributed by atoms with van der Waals surface area (Å²) in [6.07, 6.45) is 4.50. The van der Waals surface area contributed by atoms with Crippen LogP contribution in [-0.4, -0.2) is 36.3 Å². The topological polar surface area (TPSA) is 93.8 Å². The fraction of sp³-hybridized carbons (Fsp3) is 0.737. The molecule has 1 heterocycles. The predicted molar refractivity (Wildman–Crippen MR) is 98.0 cm³/mol. The Morgan fingerprint density at radius 2 is 1.96 bits per heavy atom. The molecule has 6 nitrogen and oxygen atoms in total. The van der Waals surface area contributed by atoms with Crippen molar-refractivity contribution in [2.24, 2.45) is 28.0 Å². The van der Waals surface area contributed by atoms with Crippen molar-refractivity contribution >= 4 is 17.5 Å². The van der Waals surface area contributed by atoms with Crippen LogP contribution in [0.25, 0.3) is 0 Å². The third-order valence-corrected chi connectivity index (χ3v) is 4.49. The van der Waals surface area contributed by atoms with Crippen molar-refractivity contribution in [3.8, 4) is 0 Å². The monoisotopic (exact) mass is 349 g/mol. The summed E-state index contributed by atoms with van der Waals surface area (Å²) < 4.78 is 5.69. The Morgan fingerprint density at radius 1 is 1.32 bits per heavy atom. The molecule has 1 saturated carbocycles. The average molecular weight is 349 g/mol. The summed E-state index contributed by atoms with van der Waals surface area (Å²) in [5, 5.41) is 2.88. The van der Waals surface area contributed by atoms with E-state index in [4.69, 9.17) is 10.5 Å². The van der Waals surface area contributed by atoms with Gasteiger partial charge in [0.2, 0.25) is 0 Å². The Balaban J connectivity index is 2.06. The molecule has 1 saturated heterocycles. The van der Waals surface area contributed by atoms with Gasteiger partial charge in [-0.25, -0.2) is 4.99 Å². The Kier molecular flexibility index (Phi) is 5.72. The molecule has 0 aromatic heterocycles. The number of allylic oxidation sites excluding steroid dienone is 1. The molecule has 1 atom stereocenters. The van der Waals surface area contributed by atoms with Crippen molar-refractivity contribution in [1.29, 1.82) is 0 Å². The van der Waals surface area contributed by atoms with Gasteiger partial charge in [0.25, 0.3) is 11.8 Å². The lowest BCUT2D eigenvalue weighted by Gasteiger charge is -2.16. The van der Waals surface area contributed by atoms with Gasteiger partial charge in [-0.15, -0.1) is 0 Å². The van der Waals surface area contributed by atoms with Crippen LogP contribution in [0.15, 0.2) is 16.8 Å². The largest absolute Gasteiger partial charge is 0.402 e. The SMILES string of the molecule is CC1(C)CC(CNC(=O)C(/C=C(\N)C2CC2)=NC(=O)C(C)(C)C)CO1. The van der Waals surface area contributed by atoms with Crippen LogP contribution >= 0.6 is 0 Å². The average Bonchev–Trinajstić information content (AvgIpc) is 3.27. The molecule has 0 aromatic rings. The van der Waals surface area contributed by atoms with Crippen molar-refractivity contribution < 1.29 is 14.3 Å².